The molecule has 178 valence electrons. The summed E-state index contributed by atoms with van der Waals surface area (Å²) in [7, 11) is 0. The Hall–Kier alpha value is -4.46. The Bertz CT molecular complexity index is 1610. The van der Waals surface area contributed by atoms with Crippen LogP contribution in [0.15, 0.2) is 67.3 Å². The third kappa shape index (κ3) is 3.53. The Morgan fingerprint density at radius 2 is 1.75 bits per heavy atom. The second-order valence-electron chi connectivity index (χ2n) is 9.30. The number of carbonyl (C=O) groups is 1. The van der Waals surface area contributed by atoms with Crippen LogP contribution in [-0.2, 0) is 18.5 Å². The van der Waals surface area contributed by atoms with Gasteiger partial charge in [0.25, 0.3) is 5.91 Å². The number of carbonyl (C=O) groups excluding carboxylic acids is 1. The van der Waals surface area contributed by atoms with Gasteiger partial charge in [0.15, 0.2) is 5.65 Å². The number of aromatic nitrogens is 6. The molecule has 0 radical (unpaired) electrons. The molecule has 0 unspecified atom stereocenters. The lowest BCUT2D eigenvalue weighted by molar-refractivity contribution is 0.0935. The highest BCUT2D eigenvalue weighted by atomic mass is 16.2. The van der Waals surface area contributed by atoms with Gasteiger partial charge in [0.05, 0.1) is 11.1 Å². The molecule has 0 fully saturated rings. The molecule has 1 N–H and O–H groups in total. The van der Waals surface area contributed by atoms with E-state index >= 15 is 0 Å². The number of rotatable bonds is 5. The zero-order valence-electron chi connectivity index (χ0n) is 20.4. The highest BCUT2D eigenvalue weighted by Crippen LogP contribution is 2.38. The maximum atomic E-state index is 12.8. The lowest BCUT2D eigenvalue weighted by Crippen LogP contribution is -2.38. The first-order valence-corrected chi connectivity index (χ1v) is 12.0. The van der Waals surface area contributed by atoms with Gasteiger partial charge in [-0.1, -0.05) is 36.4 Å². The zero-order chi connectivity index (χ0) is 24.9. The minimum Gasteiger partial charge on any atom is -0.342 e. The highest BCUT2D eigenvalue weighted by Gasteiger charge is 2.39. The van der Waals surface area contributed by atoms with Crippen molar-refractivity contribution in [3.63, 3.8) is 0 Å². The van der Waals surface area contributed by atoms with Crippen molar-refractivity contribution in [1.29, 1.82) is 0 Å². The number of hydrogen-bond acceptors (Lipinski definition) is 6. The molecule has 4 heterocycles. The summed E-state index contributed by atoms with van der Waals surface area (Å²) in [4.78, 5) is 35.6. The van der Waals surface area contributed by atoms with Gasteiger partial charge in [-0.15, -0.1) is 0 Å². The summed E-state index contributed by atoms with van der Waals surface area (Å²) in [6.07, 6.45) is 5.83. The van der Waals surface area contributed by atoms with E-state index < -0.39 is 5.54 Å². The SMILES string of the molecule is CCn1c(-c2cnc(C)nc2)nc2c(-c3ccc4c(c3)[C@](C)(Cc3ccccc3)NC4=O)ncnc21. The molecule has 5 aromatic rings. The Kier molecular flexibility index (Phi) is 5.10. The number of nitrogens with one attached hydrogen (secondary N) is 1. The molecular weight excluding hydrogens is 450 g/mol. The second-order valence-corrected chi connectivity index (χ2v) is 9.30. The third-order valence-corrected chi connectivity index (χ3v) is 6.81. The van der Waals surface area contributed by atoms with Crippen LogP contribution in [0.2, 0.25) is 0 Å². The normalized spacial score (nSPS) is 16.8. The van der Waals surface area contributed by atoms with E-state index in [9.17, 15) is 4.79 Å². The molecule has 0 saturated heterocycles. The molecule has 6 rings (SSSR count). The van der Waals surface area contributed by atoms with E-state index in [-0.39, 0.29) is 5.91 Å². The first-order valence-electron chi connectivity index (χ1n) is 12.0. The van der Waals surface area contributed by atoms with Crippen LogP contribution in [0.3, 0.4) is 0 Å². The smallest absolute Gasteiger partial charge is 0.252 e. The molecule has 8 heteroatoms. The topological polar surface area (TPSA) is 98.5 Å². The minimum absolute atomic E-state index is 0.0558. The van der Waals surface area contributed by atoms with E-state index in [2.05, 4.69) is 57.3 Å². The Morgan fingerprint density at radius 3 is 2.50 bits per heavy atom. The molecule has 1 atom stereocenters. The number of nitrogens with zero attached hydrogens (tertiary/aromatic N) is 6. The van der Waals surface area contributed by atoms with Crippen molar-refractivity contribution in [2.24, 2.45) is 0 Å². The minimum atomic E-state index is -0.525. The van der Waals surface area contributed by atoms with Crippen molar-refractivity contribution in [3.05, 3.63) is 89.8 Å². The fourth-order valence-corrected chi connectivity index (χ4v) is 5.05. The van der Waals surface area contributed by atoms with Gasteiger partial charge in [-0.25, -0.2) is 24.9 Å². The summed E-state index contributed by atoms with van der Waals surface area (Å²) in [6.45, 7) is 6.68. The molecule has 3 aromatic heterocycles. The summed E-state index contributed by atoms with van der Waals surface area (Å²) < 4.78 is 2.05. The number of aryl methyl sites for hydroxylation is 2. The Morgan fingerprint density at radius 1 is 0.972 bits per heavy atom. The van der Waals surface area contributed by atoms with Crippen LogP contribution in [0.4, 0.5) is 0 Å². The van der Waals surface area contributed by atoms with Gasteiger partial charge in [-0.2, -0.15) is 0 Å². The quantitative estimate of drug-likeness (QED) is 0.402. The van der Waals surface area contributed by atoms with Gasteiger partial charge in [-0.3, -0.25) is 4.79 Å². The molecule has 36 heavy (non-hydrogen) atoms. The third-order valence-electron chi connectivity index (χ3n) is 6.81. The van der Waals surface area contributed by atoms with Gasteiger partial charge < -0.3 is 9.88 Å². The van der Waals surface area contributed by atoms with E-state index in [1.165, 1.54) is 0 Å². The van der Waals surface area contributed by atoms with Crippen LogP contribution < -0.4 is 5.32 Å². The Balaban J connectivity index is 1.49. The maximum Gasteiger partial charge on any atom is 0.252 e. The molecular formula is C28H25N7O. The van der Waals surface area contributed by atoms with E-state index in [1.54, 1.807) is 18.7 Å². The van der Waals surface area contributed by atoms with Crippen molar-refractivity contribution in [1.82, 2.24) is 34.8 Å². The maximum absolute atomic E-state index is 12.8. The number of fused-ring (bicyclic) bond motifs is 2. The molecule has 0 spiro atoms. The summed E-state index contributed by atoms with van der Waals surface area (Å²) in [5.74, 6) is 1.40. The van der Waals surface area contributed by atoms with E-state index in [4.69, 9.17) is 4.98 Å². The van der Waals surface area contributed by atoms with Crippen molar-refractivity contribution >= 4 is 17.1 Å². The molecule has 1 aliphatic rings. The Labute approximate surface area is 208 Å². The lowest BCUT2D eigenvalue weighted by atomic mass is 9.85. The average Bonchev–Trinajstić information content (AvgIpc) is 3.39. The number of hydrogen-bond donors (Lipinski definition) is 1. The van der Waals surface area contributed by atoms with E-state index in [1.807, 2.05) is 41.8 Å². The molecule has 1 aliphatic heterocycles. The molecule has 0 bridgehead atoms. The lowest BCUT2D eigenvalue weighted by Gasteiger charge is -2.26. The van der Waals surface area contributed by atoms with E-state index in [0.717, 1.165) is 39.4 Å². The predicted molar refractivity (Wildman–Crippen MR) is 137 cm³/mol. The van der Waals surface area contributed by atoms with Crippen LogP contribution in [0.1, 0.15) is 41.2 Å². The number of imidazole rings is 1. The monoisotopic (exact) mass is 475 g/mol. The number of benzene rings is 2. The standard InChI is InChI=1S/C28H25N7O/c1-4-35-25(20-14-29-17(2)30-15-20)33-24-23(31-16-32-26(24)35)19-10-11-21-22(12-19)28(3,34-27(21)36)13-18-8-6-5-7-9-18/h5-12,14-16H,4,13H2,1-3H3,(H,34,36)/t28-/m0/s1. The molecule has 2 aromatic carbocycles. The highest BCUT2D eigenvalue weighted by molar-refractivity contribution is 6.01. The zero-order valence-corrected chi connectivity index (χ0v) is 20.4. The van der Waals surface area contributed by atoms with Crippen LogP contribution in [0, 0.1) is 6.92 Å². The van der Waals surface area contributed by atoms with Gasteiger partial charge in [0, 0.05) is 30.1 Å². The number of amides is 1. The van der Waals surface area contributed by atoms with Crippen LogP contribution in [0.25, 0.3) is 33.8 Å². The molecule has 8 nitrogen and oxygen atoms in total. The van der Waals surface area contributed by atoms with Gasteiger partial charge in [0.2, 0.25) is 0 Å². The first kappa shape index (κ1) is 22.0. The molecule has 1 amide bonds. The predicted octanol–water partition coefficient (Wildman–Crippen LogP) is 4.48. The van der Waals surface area contributed by atoms with Crippen molar-refractivity contribution in [2.45, 2.75) is 39.3 Å². The molecule has 0 saturated carbocycles. The largest absolute Gasteiger partial charge is 0.342 e. The van der Waals surface area contributed by atoms with Crippen molar-refractivity contribution < 1.29 is 4.79 Å². The molecule has 0 aliphatic carbocycles. The summed E-state index contributed by atoms with van der Waals surface area (Å²) >= 11 is 0. The van der Waals surface area contributed by atoms with Crippen LogP contribution >= 0.6 is 0 Å². The van der Waals surface area contributed by atoms with E-state index in [0.29, 0.717) is 29.9 Å². The second kappa shape index (κ2) is 8.34. The van der Waals surface area contributed by atoms with Crippen LogP contribution in [-0.4, -0.2) is 35.4 Å². The van der Waals surface area contributed by atoms with Crippen molar-refractivity contribution in [3.8, 4) is 22.6 Å². The van der Waals surface area contributed by atoms with Crippen LogP contribution in [0.5, 0.6) is 0 Å². The first-order chi connectivity index (χ1) is 17.5. The summed E-state index contributed by atoms with van der Waals surface area (Å²) in [5.41, 5.74) is 6.19. The average molecular weight is 476 g/mol. The summed E-state index contributed by atoms with van der Waals surface area (Å²) in [5, 5.41) is 3.20. The fourth-order valence-electron chi connectivity index (χ4n) is 5.05. The van der Waals surface area contributed by atoms with Gasteiger partial charge >= 0.3 is 0 Å². The van der Waals surface area contributed by atoms with Crippen molar-refractivity contribution in [2.75, 3.05) is 0 Å². The van der Waals surface area contributed by atoms with Gasteiger partial charge in [0.1, 0.15) is 29.2 Å². The van der Waals surface area contributed by atoms with Gasteiger partial charge in [-0.05, 0) is 50.5 Å². The summed E-state index contributed by atoms with van der Waals surface area (Å²) in [6, 6.07) is 16.1. The fraction of sp³-hybridized carbons (Fsp3) is 0.214.